The second kappa shape index (κ2) is 6.77. The lowest BCUT2D eigenvalue weighted by atomic mass is 10.1. The van der Waals surface area contributed by atoms with Gasteiger partial charge < -0.3 is 4.74 Å². The molecule has 1 aliphatic rings. The number of pyridine rings is 1. The van der Waals surface area contributed by atoms with Crippen LogP contribution in [-0.2, 0) is 0 Å². The zero-order chi connectivity index (χ0) is 18.8. The van der Waals surface area contributed by atoms with E-state index in [2.05, 4.69) is 16.8 Å². The van der Waals surface area contributed by atoms with Gasteiger partial charge in [-0.05, 0) is 54.6 Å². The van der Waals surface area contributed by atoms with E-state index >= 15 is 0 Å². The number of carbonyl (C=O) groups excluding carboxylic acids is 2. The van der Waals surface area contributed by atoms with Gasteiger partial charge in [0.2, 0.25) is 0 Å². The molecule has 0 saturated carbocycles. The highest BCUT2D eigenvalue weighted by molar-refractivity contribution is 6.34. The Bertz CT molecular complexity index is 1090. The largest absolute Gasteiger partial charge is 0.497 e. The highest BCUT2D eigenvalue weighted by atomic mass is 16.5. The minimum Gasteiger partial charge on any atom is -0.497 e. The molecule has 130 valence electrons. The molecule has 2 aromatic carbocycles. The third-order valence-electron chi connectivity index (χ3n) is 4.25. The zero-order valence-corrected chi connectivity index (χ0v) is 14.5. The molecule has 0 atom stereocenters. The third-order valence-corrected chi connectivity index (χ3v) is 4.25. The molecule has 0 fully saturated rings. The zero-order valence-electron chi connectivity index (χ0n) is 14.5. The molecule has 4 rings (SSSR count). The van der Waals surface area contributed by atoms with Crippen LogP contribution in [0.5, 0.6) is 5.75 Å². The minimum absolute atomic E-state index is 0.337. The number of hydrogen-bond donors (Lipinski definition) is 0. The van der Waals surface area contributed by atoms with Crippen LogP contribution < -0.4 is 9.64 Å². The summed E-state index contributed by atoms with van der Waals surface area (Å²) in [6.07, 6.45) is 3.09. The van der Waals surface area contributed by atoms with Gasteiger partial charge in [0.15, 0.2) is 0 Å². The van der Waals surface area contributed by atoms with Crippen molar-refractivity contribution in [1.82, 2.24) is 4.98 Å². The number of hydrogen-bond acceptors (Lipinski definition) is 4. The Hall–Kier alpha value is -3.91. The van der Waals surface area contributed by atoms with E-state index in [-0.39, 0.29) is 11.8 Å². The van der Waals surface area contributed by atoms with Crippen molar-refractivity contribution >= 4 is 17.5 Å². The topological polar surface area (TPSA) is 59.5 Å². The number of nitrogens with zero attached hydrogens (tertiary/aromatic N) is 2. The van der Waals surface area contributed by atoms with E-state index in [1.807, 2.05) is 24.3 Å². The summed E-state index contributed by atoms with van der Waals surface area (Å²) >= 11 is 0. The number of benzene rings is 2. The smallest absolute Gasteiger partial charge is 0.266 e. The summed E-state index contributed by atoms with van der Waals surface area (Å²) in [6, 6.07) is 15.7. The van der Waals surface area contributed by atoms with E-state index in [1.165, 1.54) is 0 Å². The van der Waals surface area contributed by atoms with Crippen molar-refractivity contribution in [3.8, 4) is 17.6 Å². The number of amides is 2. The molecule has 2 heterocycles. The molecule has 5 nitrogen and oxygen atoms in total. The summed E-state index contributed by atoms with van der Waals surface area (Å²) in [6.45, 7) is 0. The second-order valence-corrected chi connectivity index (χ2v) is 5.89. The van der Waals surface area contributed by atoms with Gasteiger partial charge in [-0.2, -0.15) is 0 Å². The summed E-state index contributed by atoms with van der Waals surface area (Å²) in [5.41, 5.74) is 2.74. The van der Waals surface area contributed by atoms with Gasteiger partial charge in [0.05, 0.1) is 23.9 Å². The van der Waals surface area contributed by atoms with Crippen molar-refractivity contribution in [3.05, 3.63) is 89.2 Å². The summed E-state index contributed by atoms with van der Waals surface area (Å²) in [7, 11) is 1.61. The lowest BCUT2D eigenvalue weighted by Crippen LogP contribution is -2.29. The van der Waals surface area contributed by atoms with E-state index in [1.54, 1.807) is 49.8 Å². The maximum absolute atomic E-state index is 12.7. The van der Waals surface area contributed by atoms with Crippen molar-refractivity contribution in [2.45, 2.75) is 0 Å². The lowest BCUT2D eigenvalue weighted by Gasteiger charge is -2.12. The van der Waals surface area contributed by atoms with Crippen molar-refractivity contribution in [2.75, 3.05) is 12.0 Å². The van der Waals surface area contributed by atoms with Gasteiger partial charge in [-0.25, -0.2) is 4.90 Å². The minimum atomic E-state index is -0.353. The van der Waals surface area contributed by atoms with E-state index in [4.69, 9.17) is 4.74 Å². The van der Waals surface area contributed by atoms with Crippen molar-refractivity contribution in [3.63, 3.8) is 0 Å². The molecule has 0 radical (unpaired) electrons. The number of methoxy groups -OCH3 is 1. The number of aromatic nitrogens is 1. The first-order chi connectivity index (χ1) is 13.2. The van der Waals surface area contributed by atoms with Crippen LogP contribution in [0.2, 0.25) is 0 Å². The highest BCUT2D eigenvalue weighted by Crippen LogP contribution is 2.28. The molecule has 1 aliphatic heterocycles. The highest BCUT2D eigenvalue weighted by Gasteiger charge is 2.36. The number of imide groups is 1. The van der Waals surface area contributed by atoms with E-state index in [9.17, 15) is 9.59 Å². The Morgan fingerprint density at radius 1 is 0.815 bits per heavy atom. The fourth-order valence-electron chi connectivity index (χ4n) is 2.86. The van der Waals surface area contributed by atoms with Crippen LogP contribution in [0.4, 0.5) is 5.69 Å². The first-order valence-electron chi connectivity index (χ1n) is 8.26. The maximum atomic E-state index is 12.7. The van der Waals surface area contributed by atoms with Gasteiger partial charge in [0.1, 0.15) is 5.75 Å². The van der Waals surface area contributed by atoms with Gasteiger partial charge in [0.25, 0.3) is 11.8 Å². The number of fused-ring (bicyclic) bond motifs is 1. The summed E-state index contributed by atoms with van der Waals surface area (Å²) in [5.74, 6) is 6.16. The molecule has 27 heavy (non-hydrogen) atoms. The van der Waals surface area contributed by atoms with Crippen LogP contribution in [0.3, 0.4) is 0 Å². The number of carbonyl (C=O) groups is 2. The Morgan fingerprint density at radius 3 is 2.15 bits per heavy atom. The van der Waals surface area contributed by atoms with E-state index in [0.29, 0.717) is 22.4 Å². The van der Waals surface area contributed by atoms with Crippen LogP contribution in [0.15, 0.2) is 67.0 Å². The molecule has 0 N–H and O–H groups in total. The van der Waals surface area contributed by atoms with Gasteiger partial charge in [-0.1, -0.05) is 11.8 Å². The summed E-state index contributed by atoms with van der Waals surface area (Å²) < 4.78 is 5.12. The first kappa shape index (κ1) is 16.6. The van der Waals surface area contributed by atoms with Crippen LogP contribution >= 0.6 is 0 Å². The third kappa shape index (κ3) is 3.05. The fraction of sp³-hybridized carbons (Fsp3) is 0.0455. The Morgan fingerprint density at radius 2 is 1.44 bits per heavy atom. The van der Waals surface area contributed by atoms with E-state index in [0.717, 1.165) is 16.2 Å². The molecular weight excluding hydrogens is 340 g/mol. The van der Waals surface area contributed by atoms with Crippen LogP contribution in [0, 0.1) is 11.8 Å². The van der Waals surface area contributed by atoms with Gasteiger partial charge in [-0.15, -0.1) is 0 Å². The van der Waals surface area contributed by atoms with Crippen molar-refractivity contribution < 1.29 is 14.3 Å². The maximum Gasteiger partial charge on any atom is 0.266 e. The molecular formula is C22H14N2O3. The van der Waals surface area contributed by atoms with Gasteiger partial charge >= 0.3 is 0 Å². The monoisotopic (exact) mass is 354 g/mol. The molecule has 0 unspecified atom stereocenters. The van der Waals surface area contributed by atoms with Crippen molar-refractivity contribution in [2.24, 2.45) is 0 Å². The fourth-order valence-corrected chi connectivity index (χ4v) is 2.86. The van der Waals surface area contributed by atoms with Gasteiger partial charge in [-0.3, -0.25) is 14.6 Å². The van der Waals surface area contributed by atoms with Crippen LogP contribution in [-0.4, -0.2) is 23.9 Å². The molecule has 1 aromatic heterocycles. The molecule has 0 bridgehead atoms. The average molecular weight is 354 g/mol. The predicted molar refractivity (Wildman–Crippen MR) is 101 cm³/mol. The average Bonchev–Trinajstić information content (AvgIpc) is 2.97. The number of ether oxygens (including phenoxy) is 1. The molecule has 3 aromatic rings. The summed E-state index contributed by atoms with van der Waals surface area (Å²) in [4.78, 5) is 30.4. The summed E-state index contributed by atoms with van der Waals surface area (Å²) in [5, 5.41) is 0. The quantitative estimate of drug-likeness (QED) is 0.523. The number of anilines is 1. The van der Waals surface area contributed by atoms with Gasteiger partial charge in [0, 0.05) is 23.5 Å². The SMILES string of the molecule is COc1ccc(C#Cc2ccc3c(c2)C(=O)N(c2ccncc2)C3=O)cc1. The number of rotatable bonds is 2. The Labute approximate surface area is 156 Å². The second-order valence-electron chi connectivity index (χ2n) is 5.89. The van der Waals surface area contributed by atoms with Crippen LogP contribution in [0.1, 0.15) is 31.8 Å². The molecule has 0 saturated heterocycles. The first-order valence-corrected chi connectivity index (χ1v) is 8.26. The Balaban J connectivity index is 1.64. The molecule has 2 amide bonds. The van der Waals surface area contributed by atoms with Crippen LogP contribution in [0.25, 0.3) is 0 Å². The normalized spacial score (nSPS) is 12.4. The predicted octanol–water partition coefficient (Wildman–Crippen LogP) is 3.29. The molecule has 0 aliphatic carbocycles. The standard InChI is InChI=1S/C22H14N2O3/c1-27-18-7-4-15(5-8-18)2-3-16-6-9-19-20(14-16)22(26)24(21(19)25)17-10-12-23-13-11-17/h4-14H,1H3. The lowest BCUT2D eigenvalue weighted by molar-refractivity contribution is 0.0926. The molecule has 5 heteroatoms. The molecule has 0 spiro atoms. The van der Waals surface area contributed by atoms with E-state index < -0.39 is 0 Å². The van der Waals surface area contributed by atoms with Crippen molar-refractivity contribution in [1.29, 1.82) is 0 Å². The Kier molecular flexibility index (Phi) is 4.15.